The number of hydrogen-bond donors (Lipinski definition) is 17. The fourth-order valence-corrected chi connectivity index (χ4v) is 8.42. The molecule has 0 aliphatic heterocycles. The van der Waals surface area contributed by atoms with E-state index in [9.17, 15) is 77.6 Å². The Hall–Kier alpha value is -8.93. The van der Waals surface area contributed by atoms with Crippen LogP contribution in [0.1, 0.15) is 106 Å². The van der Waals surface area contributed by atoms with Crippen molar-refractivity contribution in [3.63, 3.8) is 0 Å². The Morgan fingerprint density at radius 2 is 0.852 bits per heavy atom. The van der Waals surface area contributed by atoms with Crippen molar-refractivity contribution in [1.29, 1.82) is 0 Å². The Kier molecular flexibility index (Phi) is 32.1. The molecule has 0 aliphatic carbocycles. The largest absolute Gasteiger partial charge is 0.508 e. The van der Waals surface area contributed by atoms with E-state index in [0.717, 1.165) is 0 Å². The van der Waals surface area contributed by atoms with E-state index in [2.05, 4.69) is 63.8 Å². The number of aliphatic hydroxyl groups excluding tert-OH is 1. The van der Waals surface area contributed by atoms with E-state index in [1.165, 1.54) is 76.2 Å². The topological polar surface area (TPSA) is 479 Å². The SMILES string of the molecule is CC[C@H](C)[C@H](NC(C)=O)C(=O)NCC(=O)N[C@H](C(=O)NCC(=O)N[C@@H](C)C(=O)N[C@@H](Cc1ccc(O)cc1)C(=O)NCC(=O)N[C@H](C(=O)N[C@H](C(=O)N[C@@H](Cc1ccc(O)cc1)C(=O)N[C@@H](CCCCN)C(=O)N[C@@H](C)C(N)=O)C(C)C)[C@@H](C)O)C(C)C. The molecule has 0 saturated carbocycles. The summed E-state index contributed by atoms with van der Waals surface area (Å²) in [5, 5.41) is 60.2. The average Bonchev–Trinajstić information content (AvgIpc) is 3.43. The number of carbonyl (C=O) groups is 13. The van der Waals surface area contributed by atoms with Crippen LogP contribution in [0.3, 0.4) is 0 Å². The molecule has 0 spiro atoms. The van der Waals surface area contributed by atoms with Crippen molar-refractivity contribution in [3.8, 4) is 11.5 Å². The molecule has 0 saturated heterocycles. The lowest BCUT2D eigenvalue weighted by Crippen LogP contribution is -2.61. The van der Waals surface area contributed by atoms with Gasteiger partial charge in [-0.2, -0.15) is 0 Å². The summed E-state index contributed by atoms with van der Waals surface area (Å²) in [5.41, 5.74) is 11.9. The van der Waals surface area contributed by atoms with E-state index in [0.29, 0.717) is 30.4 Å². The van der Waals surface area contributed by atoms with E-state index in [4.69, 9.17) is 11.5 Å². The normalized spacial score (nSPS) is 14.8. The minimum Gasteiger partial charge on any atom is -0.508 e. The van der Waals surface area contributed by atoms with Crippen LogP contribution < -0.4 is 75.3 Å². The lowest BCUT2D eigenvalue weighted by Gasteiger charge is -2.29. The molecule has 11 atom stereocenters. The number of unbranched alkanes of at least 4 members (excludes halogenated alkanes) is 1. The average molecular weight is 1240 g/mol. The smallest absolute Gasteiger partial charge is 0.245 e. The van der Waals surface area contributed by atoms with Crippen LogP contribution >= 0.6 is 0 Å². The Morgan fingerprint density at radius 3 is 1.31 bits per heavy atom. The van der Waals surface area contributed by atoms with E-state index in [1.807, 2.05) is 6.92 Å². The van der Waals surface area contributed by atoms with Crippen LogP contribution in [0.5, 0.6) is 11.5 Å². The fraction of sp³-hybridized carbons (Fsp3) is 0.569. The molecular formula is C58H90N14O16. The van der Waals surface area contributed by atoms with Gasteiger partial charge in [0.15, 0.2) is 0 Å². The second kappa shape index (κ2) is 37.6. The number of primary amides is 1. The molecule has 2 aromatic rings. The maximum absolute atomic E-state index is 14.1. The number of hydrogen-bond acceptors (Lipinski definition) is 17. The number of phenolic OH excluding ortho intramolecular Hbond substituents is 2. The Labute approximate surface area is 511 Å². The van der Waals surface area contributed by atoms with Crippen molar-refractivity contribution in [1.82, 2.24) is 63.8 Å². The third kappa shape index (κ3) is 26.8. The van der Waals surface area contributed by atoms with Crippen LogP contribution in [0.25, 0.3) is 0 Å². The van der Waals surface area contributed by atoms with Crippen molar-refractivity contribution in [2.75, 3.05) is 26.2 Å². The Balaban J connectivity index is 2.20. The van der Waals surface area contributed by atoms with Crippen LogP contribution in [-0.2, 0) is 75.2 Å². The minimum atomic E-state index is -1.74. The van der Waals surface area contributed by atoms with Crippen molar-refractivity contribution >= 4 is 76.8 Å². The highest BCUT2D eigenvalue weighted by molar-refractivity contribution is 5.98. The van der Waals surface area contributed by atoms with Crippen LogP contribution in [0, 0.1) is 17.8 Å². The Bertz CT molecular complexity index is 2730. The first-order chi connectivity index (χ1) is 41.3. The number of nitrogens with two attached hydrogens (primary N) is 2. The summed E-state index contributed by atoms with van der Waals surface area (Å²) in [6.07, 6.45) is -0.477. The van der Waals surface area contributed by atoms with Gasteiger partial charge in [0, 0.05) is 19.8 Å². The van der Waals surface area contributed by atoms with Crippen molar-refractivity contribution in [2.24, 2.45) is 29.2 Å². The van der Waals surface area contributed by atoms with E-state index >= 15 is 0 Å². The summed E-state index contributed by atoms with van der Waals surface area (Å²) in [5.74, 6) is -12.2. The zero-order chi connectivity index (χ0) is 66.5. The number of benzene rings is 2. The summed E-state index contributed by atoms with van der Waals surface area (Å²) in [6.45, 7) is 13.3. The molecule has 0 radical (unpaired) electrons. The van der Waals surface area contributed by atoms with Gasteiger partial charge in [-0.1, -0.05) is 72.2 Å². The van der Waals surface area contributed by atoms with Crippen LogP contribution in [0.2, 0.25) is 0 Å². The molecule has 0 unspecified atom stereocenters. The predicted molar refractivity (Wildman–Crippen MR) is 320 cm³/mol. The molecule has 2 aromatic carbocycles. The lowest BCUT2D eigenvalue weighted by molar-refractivity contribution is -0.136. The molecule has 488 valence electrons. The monoisotopic (exact) mass is 1240 g/mol. The van der Waals surface area contributed by atoms with Gasteiger partial charge in [-0.25, -0.2) is 0 Å². The summed E-state index contributed by atoms with van der Waals surface area (Å²) in [7, 11) is 0. The van der Waals surface area contributed by atoms with Gasteiger partial charge in [-0.05, 0) is 99.7 Å². The molecule has 0 aliphatic rings. The molecule has 0 aromatic heterocycles. The second-order valence-electron chi connectivity index (χ2n) is 22.2. The minimum absolute atomic E-state index is 0.0836. The number of amides is 13. The van der Waals surface area contributed by atoms with Gasteiger partial charge < -0.3 is 90.6 Å². The quantitative estimate of drug-likeness (QED) is 0.0287. The van der Waals surface area contributed by atoms with Crippen molar-refractivity contribution in [2.45, 2.75) is 168 Å². The van der Waals surface area contributed by atoms with Gasteiger partial charge in [0.25, 0.3) is 0 Å². The maximum atomic E-state index is 14.1. The number of rotatable bonds is 37. The first kappa shape index (κ1) is 75.2. The molecule has 88 heavy (non-hydrogen) atoms. The third-order valence-electron chi connectivity index (χ3n) is 13.9. The molecule has 2 rings (SSSR count). The van der Waals surface area contributed by atoms with Gasteiger partial charge in [0.1, 0.15) is 65.9 Å². The maximum Gasteiger partial charge on any atom is 0.245 e. The molecular weight excluding hydrogens is 1150 g/mol. The van der Waals surface area contributed by atoms with Crippen molar-refractivity contribution in [3.05, 3.63) is 59.7 Å². The molecule has 0 bridgehead atoms. The first-order valence-corrected chi connectivity index (χ1v) is 29.0. The number of aliphatic hydroxyl groups is 1. The first-order valence-electron chi connectivity index (χ1n) is 29.0. The van der Waals surface area contributed by atoms with Gasteiger partial charge in [0.05, 0.1) is 25.7 Å². The highest BCUT2D eigenvalue weighted by atomic mass is 16.3. The molecule has 0 fully saturated rings. The van der Waals surface area contributed by atoms with Gasteiger partial charge in [0.2, 0.25) is 76.8 Å². The van der Waals surface area contributed by atoms with E-state index in [-0.39, 0.29) is 43.2 Å². The number of nitrogens with one attached hydrogen (secondary N) is 12. The standard InChI is InChI=1S/C58H90N14O16/c1-11-31(6)48(66-35(10)74)56(86)63-28-44(78)70-46(29(2)3)55(85)62-26-43(77)64-33(8)51(81)68-41(24-36-15-19-38(75)20-16-36)52(82)61-27-45(79)71-49(34(9)73)58(88)72-47(30(4)5)57(87)69-42(25-37-17-21-39(76)22-18-37)54(84)67-40(14-12-13-23-59)53(83)65-32(7)50(60)80/h15-22,29-34,40-42,46-49,73,75-76H,11-14,23-28,59H2,1-10H3,(H2,60,80)(H,61,82)(H,62,85)(H,63,86)(H,64,77)(H,65,83)(H,66,74)(H,67,84)(H,68,81)(H,69,87)(H,70,78)(H,71,79)(H,72,88)/t31-,32-,33-,34+,40-,41-,42-,46-,47-,48-,49-/m0/s1. The summed E-state index contributed by atoms with van der Waals surface area (Å²) in [6, 6.07) is -0.446. The number of phenols is 2. The van der Waals surface area contributed by atoms with Gasteiger partial charge in [-0.3, -0.25) is 62.3 Å². The zero-order valence-electron chi connectivity index (χ0n) is 51.5. The molecule has 19 N–H and O–H groups in total. The van der Waals surface area contributed by atoms with Crippen LogP contribution in [0.4, 0.5) is 0 Å². The number of carbonyl (C=O) groups excluding carboxylic acids is 13. The molecule has 30 heteroatoms. The predicted octanol–water partition coefficient (Wildman–Crippen LogP) is -3.99. The van der Waals surface area contributed by atoms with Gasteiger partial charge in [-0.15, -0.1) is 0 Å². The van der Waals surface area contributed by atoms with Crippen LogP contribution in [-0.4, -0.2) is 179 Å². The second-order valence-corrected chi connectivity index (χ2v) is 22.2. The molecule has 13 amide bonds. The van der Waals surface area contributed by atoms with Crippen molar-refractivity contribution < 1.29 is 77.6 Å². The van der Waals surface area contributed by atoms with E-state index in [1.54, 1.807) is 34.6 Å². The highest BCUT2D eigenvalue weighted by Gasteiger charge is 2.36. The molecule has 0 heterocycles. The highest BCUT2D eigenvalue weighted by Crippen LogP contribution is 2.15. The Morgan fingerprint density at radius 1 is 0.443 bits per heavy atom. The molecule has 30 nitrogen and oxygen atoms in total. The zero-order valence-corrected chi connectivity index (χ0v) is 51.5. The lowest BCUT2D eigenvalue weighted by atomic mass is 9.98. The van der Waals surface area contributed by atoms with E-state index < -0.39 is 169 Å². The number of aromatic hydroxyl groups is 2. The third-order valence-corrected chi connectivity index (χ3v) is 13.9. The summed E-state index contributed by atoms with van der Waals surface area (Å²) >= 11 is 0. The summed E-state index contributed by atoms with van der Waals surface area (Å²) < 4.78 is 0. The van der Waals surface area contributed by atoms with Crippen LogP contribution in [0.15, 0.2) is 48.5 Å². The summed E-state index contributed by atoms with van der Waals surface area (Å²) in [4.78, 5) is 171. The fourth-order valence-electron chi connectivity index (χ4n) is 8.42. The van der Waals surface area contributed by atoms with Gasteiger partial charge >= 0.3 is 0 Å².